The molecule has 0 fully saturated rings. The van der Waals surface area contributed by atoms with Gasteiger partial charge in [0.25, 0.3) is 5.91 Å². The lowest BCUT2D eigenvalue weighted by Crippen LogP contribution is -2.30. The average Bonchev–Trinajstić information content (AvgIpc) is 3.06. The van der Waals surface area contributed by atoms with Crippen molar-refractivity contribution in [2.24, 2.45) is 0 Å². The Hall–Kier alpha value is -2.71. The Morgan fingerprint density at radius 3 is 2.78 bits per heavy atom. The third-order valence-corrected chi connectivity index (χ3v) is 4.25. The fraction of sp³-hybridized carbons (Fsp3) is 0.235. The predicted octanol–water partition coefficient (Wildman–Crippen LogP) is 3.34. The molecule has 0 aliphatic rings. The van der Waals surface area contributed by atoms with Crippen molar-refractivity contribution in [1.29, 1.82) is 0 Å². The second-order valence-corrected chi connectivity index (χ2v) is 6.47. The van der Waals surface area contributed by atoms with Crippen LogP contribution < -0.4 is 5.32 Å². The van der Waals surface area contributed by atoms with E-state index in [1.54, 1.807) is 22.9 Å². The summed E-state index contributed by atoms with van der Waals surface area (Å²) < 4.78 is 6.92. The van der Waals surface area contributed by atoms with Crippen molar-refractivity contribution >= 4 is 51.9 Å². The molecule has 0 unspecified atom stereocenters. The lowest BCUT2D eigenvalue weighted by Gasteiger charge is -2.13. The maximum absolute atomic E-state index is 12.3. The van der Waals surface area contributed by atoms with Crippen LogP contribution in [0.5, 0.6) is 0 Å². The number of hydrogen-bond acceptors (Lipinski definition) is 6. The van der Waals surface area contributed by atoms with Gasteiger partial charge in [0.2, 0.25) is 0 Å². The third kappa shape index (κ3) is 4.17. The van der Waals surface area contributed by atoms with E-state index in [2.05, 4.69) is 20.6 Å². The first-order valence-corrected chi connectivity index (χ1v) is 8.80. The van der Waals surface area contributed by atoms with E-state index >= 15 is 0 Å². The van der Waals surface area contributed by atoms with E-state index in [1.165, 1.54) is 19.2 Å². The molecular formula is C17H15Cl2N5O3. The first kappa shape index (κ1) is 19.1. The number of aromatic nitrogens is 4. The average molecular weight is 408 g/mol. The molecule has 2 heterocycles. The molecule has 8 nitrogen and oxygen atoms in total. The SMILES string of the molecule is CCn1nnc2cc(C(=O)O[C@H](C)C(=O)Nc3ncc(Cl)cc3Cl)ccc21. The van der Waals surface area contributed by atoms with Crippen LogP contribution in [0.25, 0.3) is 11.0 Å². The number of nitrogens with one attached hydrogen (secondary N) is 1. The Bertz CT molecular complexity index is 1020. The highest BCUT2D eigenvalue weighted by Gasteiger charge is 2.21. The highest BCUT2D eigenvalue weighted by molar-refractivity contribution is 6.36. The quantitative estimate of drug-likeness (QED) is 0.651. The number of amides is 1. The Balaban J connectivity index is 1.68. The number of esters is 1. The van der Waals surface area contributed by atoms with E-state index in [-0.39, 0.29) is 16.4 Å². The van der Waals surface area contributed by atoms with Crippen molar-refractivity contribution in [3.05, 3.63) is 46.1 Å². The van der Waals surface area contributed by atoms with E-state index in [0.717, 1.165) is 5.52 Å². The topological polar surface area (TPSA) is 99.0 Å². The highest BCUT2D eigenvalue weighted by atomic mass is 35.5. The maximum atomic E-state index is 12.3. The molecule has 0 aliphatic heterocycles. The van der Waals surface area contributed by atoms with Crippen LogP contribution in [0.3, 0.4) is 0 Å². The number of carbonyl (C=O) groups excluding carboxylic acids is 2. The molecule has 1 N–H and O–H groups in total. The Morgan fingerprint density at radius 2 is 2.07 bits per heavy atom. The van der Waals surface area contributed by atoms with E-state index in [4.69, 9.17) is 27.9 Å². The van der Waals surface area contributed by atoms with Crippen molar-refractivity contribution in [3.8, 4) is 0 Å². The molecule has 0 bridgehead atoms. The number of pyridine rings is 1. The molecule has 3 aromatic rings. The number of ether oxygens (including phenoxy) is 1. The molecular weight excluding hydrogens is 393 g/mol. The summed E-state index contributed by atoms with van der Waals surface area (Å²) in [7, 11) is 0. The van der Waals surface area contributed by atoms with Crippen LogP contribution >= 0.6 is 23.2 Å². The summed E-state index contributed by atoms with van der Waals surface area (Å²) in [4.78, 5) is 28.5. The molecule has 1 amide bonds. The van der Waals surface area contributed by atoms with E-state index in [1.807, 2.05) is 6.92 Å². The number of halogens is 2. The van der Waals surface area contributed by atoms with Gasteiger partial charge in [0.1, 0.15) is 5.52 Å². The summed E-state index contributed by atoms with van der Waals surface area (Å²) in [5, 5.41) is 11.0. The van der Waals surface area contributed by atoms with Gasteiger partial charge in [-0.3, -0.25) is 4.79 Å². The van der Waals surface area contributed by atoms with Gasteiger partial charge in [-0.25, -0.2) is 14.5 Å². The van der Waals surface area contributed by atoms with Gasteiger partial charge in [-0.2, -0.15) is 0 Å². The van der Waals surface area contributed by atoms with Crippen LogP contribution in [0.1, 0.15) is 24.2 Å². The second-order valence-electron chi connectivity index (χ2n) is 5.63. The number of rotatable bonds is 5. The van der Waals surface area contributed by atoms with Gasteiger partial charge in [-0.15, -0.1) is 5.10 Å². The smallest absolute Gasteiger partial charge is 0.338 e. The number of aryl methyl sites for hydroxylation is 1. The first-order chi connectivity index (χ1) is 12.9. The predicted molar refractivity (Wildman–Crippen MR) is 101 cm³/mol. The fourth-order valence-electron chi connectivity index (χ4n) is 2.34. The van der Waals surface area contributed by atoms with Crippen LogP contribution in [-0.2, 0) is 16.1 Å². The Kier molecular flexibility index (Phi) is 5.57. The summed E-state index contributed by atoms with van der Waals surface area (Å²) in [6, 6.07) is 6.35. The number of carbonyl (C=O) groups is 2. The summed E-state index contributed by atoms with van der Waals surface area (Å²) in [6.45, 7) is 4.06. The van der Waals surface area contributed by atoms with Gasteiger partial charge in [0.15, 0.2) is 11.9 Å². The number of anilines is 1. The second kappa shape index (κ2) is 7.89. The van der Waals surface area contributed by atoms with E-state index in [9.17, 15) is 9.59 Å². The van der Waals surface area contributed by atoms with Crippen molar-refractivity contribution in [1.82, 2.24) is 20.0 Å². The number of benzene rings is 1. The van der Waals surface area contributed by atoms with Gasteiger partial charge < -0.3 is 10.1 Å². The summed E-state index contributed by atoms with van der Waals surface area (Å²) in [5.41, 5.74) is 1.65. The van der Waals surface area contributed by atoms with Crippen LogP contribution in [-0.4, -0.2) is 38.0 Å². The molecule has 0 radical (unpaired) electrons. The minimum absolute atomic E-state index is 0.131. The van der Waals surface area contributed by atoms with Gasteiger partial charge >= 0.3 is 5.97 Å². The summed E-state index contributed by atoms with van der Waals surface area (Å²) in [5.74, 6) is -1.09. The van der Waals surface area contributed by atoms with Crippen LogP contribution in [0.15, 0.2) is 30.5 Å². The molecule has 3 rings (SSSR count). The molecule has 10 heteroatoms. The molecule has 27 heavy (non-hydrogen) atoms. The van der Waals surface area contributed by atoms with Gasteiger partial charge in [-0.1, -0.05) is 28.4 Å². The van der Waals surface area contributed by atoms with Crippen molar-refractivity contribution < 1.29 is 14.3 Å². The van der Waals surface area contributed by atoms with Gasteiger partial charge in [-0.05, 0) is 38.1 Å². The zero-order chi connectivity index (χ0) is 19.6. The van der Waals surface area contributed by atoms with Gasteiger partial charge in [0.05, 0.1) is 21.1 Å². The molecule has 0 spiro atoms. The Morgan fingerprint density at radius 1 is 1.30 bits per heavy atom. The van der Waals surface area contributed by atoms with Crippen molar-refractivity contribution in [3.63, 3.8) is 0 Å². The third-order valence-electron chi connectivity index (χ3n) is 3.75. The minimum atomic E-state index is -1.06. The zero-order valence-electron chi connectivity index (χ0n) is 14.4. The lowest BCUT2D eigenvalue weighted by molar-refractivity contribution is -0.123. The zero-order valence-corrected chi connectivity index (χ0v) is 16.0. The number of nitrogens with zero attached hydrogens (tertiary/aromatic N) is 4. The van der Waals surface area contributed by atoms with Crippen LogP contribution in [0.2, 0.25) is 10.0 Å². The standard InChI is InChI=1S/C17H15Cl2N5O3/c1-3-24-14-5-4-10(6-13(14)22-23-24)17(26)27-9(2)16(25)21-15-12(19)7-11(18)8-20-15/h4-9H,3H2,1-2H3,(H,20,21,25)/t9-/m1/s1. The highest BCUT2D eigenvalue weighted by Crippen LogP contribution is 2.23. The Labute approximate surface area is 164 Å². The van der Waals surface area contributed by atoms with Crippen molar-refractivity contribution in [2.45, 2.75) is 26.5 Å². The molecule has 2 aromatic heterocycles. The normalized spacial score (nSPS) is 12.0. The monoisotopic (exact) mass is 407 g/mol. The molecule has 1 aromatic carbocycles. The molecule has 140 valence electrons. The molecule has 0 aliphatic carbocycles. The summed E-state index contributed by atoms with van der Waals surface area (Å²) >= 11 is 11.7. The minimum Gasteiger partial charge on any atom is -0.449 e. The largest absolute Gasteiger partial charge is 0.449 e. The van der Waals surface area contributed by atoms with E-state index < -0.39 is 18.0 Å². The summed E-state index contributed by atoms with van der Waals surface area (Å²) in [6.07, 6.45) is 0.284. The molecule has 1 atom stereocenters. The number of hydrogen-bond donors (Lipinski definition) is 1. The van der Waals surface area contributed by atoms with E-state index in [0.29, 0.717) is 17.1 Å². The lowest BCUT2D eigenvalue weighted by atomic mass is 10.2. The van der Waals surface area contributed by atoms with Crippen LogP contribution in [0.4, 0.5) is 5.82 Å². The fourth-order valence-corrected chi connectivity index (χ4v) is 2.77. The number of fused-ring (bicyclic) bond motifs is 1. The molecule has 0 saturated carbocycles. The molecule has 0 saturated heterocycles. The van der Waals surface area contributed by atoms with Crippen LogP contribution in [0, 0.1) is 0 Å². The first-order valence-electron chi connectivity index (χ1n) is 8.05. The maximum Gasteiger partial charge on any atom is 0.338 e. The van der Waals surface area contributed by atoms with Gasteiger partial charge in [0, 0.05) is 12.7 Å². The van der Waals surface area contributed by atoms with Crippen molar-refractivity contribution in [2.75, 3.05) is 5.32 Å².